The second-order valence-corrected chi connectivity index (χ2v) is 4.75. The molecule has 2 rings (SSSR count). The van der Waals surface area contributed by atoms with Crippen LogP contribution in [-0.4, -0.2) is 38.3 Å². The van der Waals surface area contributed by atoms with Gasteiger partial charge in [0.15, 0.2) is 0 Å². The maximum Gasteiger partial charge on any atom is 0.253 e. The Morgan fingerprint density at radius 2 is 2.37 bits per heavy atom. The molecule has 1 aliphatic heterocycles. The summed E-state index contributed by atoms with van der Waals surface area (Å²) in [5, 5.41) is 2.84. The SMILES string of the molecule is CCNC(=O)c1ccc(N)cc1N1CCOCC1C. The number of nitrogens with zero attached hydrogens (tertiary/aromatic N) is 1. The van der Waals surface area contributed by atoms with Crippen LogP contribution in [0, 0.1) is 0 Å². The minimum absolute atomic E-state index is 0.0591. The van der Waals surface area contributed by atoms with Crippen LogP contribution in [0.2, 0.25) is 0 Å². The molecule has 0 aliphatic carbocycles. The number of anilines is 2. The third-order valence-electron chi connectivity index (χ3n) is 3.28. The van der Waals surface area contributed by atoms with Gasteiger partial charge in [-0.25, -0.2) is 0 Å². The molecule has 0 saturated carbocycles. The Morgan fingerprint density at radius 1 is 1.58 bits per heavy atom. The monoisotopic (exact) mass is 263 g/mol. The first-order chi connectivity index (χ1) is 9.13. The fraction of sp³-hybridized carbons (Fsp3) is 0.500. The molecule has 0 bridgehead atoms. The van der Waals surface area contributed by atoms with Crippen molar-refractivity contribution in [1.29, 1.82) is 0 Å². The molecule has 0 aromatic heterocycles. The summed E-state index contributed by atoms with van der Waals surface area (Å²) in [7, 11) is 0. The molecular weight excluding hydrogens is 242 g/mol. The minimum Gasteiger partial charge on any atom is -0.399 e. The van der Waals surface area contributed by atoms with E-state index in [4.69, 9.17) is 10.5 Å². The normalized spacial score (nSPS) is 19.3. The van der Waals surface area contributed by atoms with Crippen LogP contribution < -0.4 is 16.0 Å². The Bertz CT molecular complexity index is 462. The fourth-order valence-electron chi connectivity index (χ4n) is 2.32. The first-order valence-electron chi connectivity index (χ1n) is 6.65. The van der Waals surface area contributed by atoms with E-state index in [1.165, 1.54) is 0 Å². The predicted octanol–water partition coefficient (Wildman–Crippen LogP) is 1.24. The Hall–Kier alpha value is -1.75. The van der Waals surface area contributed by atoms with Gasteiger partial charge in [-0.3, -0.25) is 4.79 Å². The maximum atomic E-state index is 12.1. The molecule has 0 radical (unpaired) electrons. The van der Waals surface area contributed by atoms with Crippen LogP contribution in [0.3, 0.4) is 0 Å². The molecule has 5 heteroatoms. The van der Waals surface area contributed by atoms with E-state index < -0.39 is 0 Å². The number of morpholine rings is 1. The summed E-state index contributed by atoms with van der Waals surface area (Å²) in [6.45, 7) is 6.73. The van der Waals surface area contributed by atoms with Gasteiger partial charge in [0, 0.05) is 24.8 Å². The van der Waals surface area contributed by atoms with E-state index in [9.17, 15) is 4.79 Å². The number of hydrogen-bond acceptors (Lipinski definition) is 4. The number of carbonyl (C=O) groups is 1. The number of hydrogen-bond donors (Lipinski definition) is 2. The van der Waals surface area contributed by atoms with E-state index in [2.05, 4.69) is 17.1 Å². The van der Waals surface area contributed by atoms with Gasteiger partial charge in [0.2, 0.25) is 0 Å². The van der Waals surface area contributed by atoms with Gasteiger partial charge in [-0.15, -0.1) is 0 Å². The molecule has 0 spiro atoms. The van der Waals surface area contributed by atoms with E-state index in [-0.39, 0.29) is 11.9 Å². The molecule has 1 aromatic carbocycles. The van der Waals surface area contributed by atoms with Crippen molar-refractivity contribution in [1.82, 2.24) is 5.32 Å². The van der Waals surface area contributed by atoms with Crippen LogP contribution >= 0.6 is 0 Å². The van der Waals surface area contributed by atoms with Crippen molar-refractivity contribution in [3.8, 4) is 0 Å². The average molecular weight is 263 g/mol. The Morgan fingerprint density at radius 3 is 3.05 bits per heavy atom. The summed E-state index contributed by atoms with van der Waals surface area (Å²) >= 11 is 0. The zero-order valence-electron chi connectivity index (χ0n) is 11.5. The molecule has 1 unspecified atom stereocenters. The van der Waals surface area contributed by atoms with Gasteiger partial charge in [-0.1, -0.05) is 0 Å². The smallest absolute Gasteiger partial charge is 0.253 e. The lowest BCUT2D eigenvalue weighted by Crippen LogP contribution is -2.44. The quantitative estimate of drug-likeness (QED) is 0.805. The number of carbonyl (C=O) groups excluding carboxylic acids is 1. The highest BCUT2D eigenvalue weighted by Crippen LogP contribution is 2.26. The van der Waals surface area contributed by atoms with Crippen LogP contribution in [0.15, 0.2) is 18.2 Å². The first kappa shape index (κ1) is 13.7. The van der Waals surface area contributed by atoms with E-state index in [1.807, 2.05) is 13.0 Å². The molecule has 19 heavy (non-hydrogen) atoms. The van der Waals surface area contributed by atoms with E-state index in [0.717, 1.165) is 12.2 Å². The number of nitrogens with two attached hydrogens (primary N) is 1. The second kappa shape index (κ2) is 5.93. The summed E-state index contributed by atoms with van der Waals surface area (Å²) in [5.74, 6) is -0.0591. The van der Waals surface area contributed by atoms with E-state index in [0.29, 0.717) is 31.0 Å². The zero-order chi connectivity index (χ0) is 13.8. The van der Waals surface area contributed by atoms with Crippen molar-refractivity contribution in [2.45, 2.75) is 19.9 Å². The molecule has 3 N–H and O–H groups in total. The van der Waals surface area contributed by atoms with Gasteiger partial charge >= 0.3 is 0 Å². The summed E-state index contributed by atoms with van der Waals surface area (Å²) in [5.41, 5.74) is 8.09. The number of rotatable bonds is 3. The van der Waals surface area contributed by atoms with Crippen molar-refractivity contribution in [2.24, 2.45) is 0 Å². The highest BCUT2D eigenvalue weighted by atomic mass is 16.5. The number of ether oxygens (including phenoxy) is 1. The Labute approximate surface area is 113 Å². The van der Waals surface area contributed by atoms with Crippen LogP contribution in [0.5, 0.6) is 0 Å². The fourth-order valence-corrected chi connectivity index (χ4v) is 2.32. The van der Waals surface area contributed by atoms with Gasteiger partial charge < -0.3 is 20.7 Å². The molecular formula is C14H21N3O2. The highest BCUT2D eigenvalue weighted by Gasteiger charge is 2.23. The lowest BCUT2D eigenvalue weighted by atomic mass is 10.1. The maximum absolute atomic E-state index is 12.1. The number of nitrogens with one attached hydrogen (secondary N) is 1. The molecule has 1 amide bonds. The van der Waals surface area contributed by atoms with Crippen LogP contribution in [-0.2, 0) is 4.74 Å². The zero-order valence-corrected chi connectivity index (χ0v) is 11.5. The van der Waals surface area contributed by atoms with Crippen LogP contribution in [0.4, 0.5) is 11.4 Å². The van der Waals surface area contributed by atoms with Crippen molar-refractivity contribution in [3.63, 3.8) is 0 Å². The molecule has 1 saturated heterocycles. The van der Waals surface area contributed by atoms with Crippen LogP contribution in [0.1, 0.15) is 24.2 Å². The standard InChI is InChI=1S/C14H21N3O2/c1-3-16-14(18)12-5-4-11(15)8-13(12)17-6-7-19-9-10(17)2/h4-5,8,10H,3,6-7,9,15H2,1-2H3,(H,16,18). The summed E-state index contributed by atoms with van der Waals surface area (Å²) in [6, 6.07) is 5.66. The van der Waals surface area contributed by atoms with Gasteiger partial charge in [0.05, 0.1) is 24.5 Å². The summed E-state index contributed by atoms with van der Waals surface area (Å²) in [4.78, 5) is 14.3. The molecule has 1 heterocycles. The van der Waals surface area contributed by atoms with Gasteiger partial charge in [-0.05, 0) is 32.0 Å². The third kappa shape index (κ3) is 2.98. The summed E-state index contributed by atoms with van der Waals surface area (Å²) < 4.78 is 5.44. The van der Waals surface area contributed by atoms with Crippen molar-refractivity contribution in [2.75, 3.05) is 36.9 Å². The van der Waals surface area contributed by atoms with Crippen molar-refractivity contribution >= 4 is 17.3 Å². The van der Waals surface area contributed by atoms with Gasteiger partial charge in [0.1, 0.15) is 0 Å². The minimum atomic E-state index is -0.0591. The number of amides is 1. The Kier molecular flexibility index (Phi) is 4.27. The molecule has 1 aromatic rings. The third-order valence-corrected chi connectivity index (χ3v) is 3.28. The lowest BCUT2D eigenvalue weighted by Gasteiger charge is -2.36. The van der Waals surface area contributed by atoms with Crippen molar-refractivity contribution < 1.29 is 9.53 Å². The molecule has 1 fully saturated rings. The van der Waals surface area contributed by atoms with Gasteiger partial charge in [-0.2, -0.15) is 0 Å². The van der Waals surface area contributed by atoms with E-state index in [1.54, 1.807) is 12.1 Å². The molecule has 5 nitrogen and oxygen atoms in total. The molecule has 1 aliphatic rings. The number of nitrogen functional groups attached to an aromatic ring is 1. The Balaban J connectivity index is 2.36. The van der Waals surface area contributed by atoms with Gasteiger partial charge in [0.25, 0.3) is 5.91 Å². The topological polar surface area (TPSA) is 67.6 Å². The number of benzene rings is 1. The lowest BCUT2D eigenvalue weighted by molar-refractivity contribution is 0.0942. The largest absolute Gasteiger partial charge is 0.399 e. The van der Waals surface area contributed by atoms with Crippen LogP contribution in [0.25, 0.3) is 0 Å². The van der Waals surface area contributed by atoms with E-state index >= 15 is 0 Å². The first-order valence-corrected chi connectivity index (χ1v) is 6.65. The predicted molar refractivity (Wildman–Crippen MR) is 76.5 cm³/mol. The second-order valence-electron chi connectivity index (χ2n) is 4.75. The highest BCUT2D eigenvalue weighted by molar-refractivity contribution is 6.00. The average Bonchev–Trinajstić information content (AvgIpc) is 2.39. The summed E-state index contributed by atoms with van der Waals surface area (Å²) in [6.07, 6.45) is 0. The van der Waals surface area contributed by atoms with Crippen molar-refractivity contribution in [3.05, 3.63) is 23.8 Å². The molecule has 1 atom stereocenters. The molecule has 104 valence electrons.